The molecule has 0 aliphatic carbocycles. The van der Waals surface area contributed by atoms with Gasteiger partial charge in [-0.1, -0.05) is 30.3 Å². The van der Waals surface area contributed by atoms with Crippen molar-refractivity contribution in [3.05, 3.63) is 60.1 Å². The first-order chi connectivity index (χ1) is 9.29. The highest BCUT2D eigenvalue weighted by Gasteiger charge is 2.15. The summed E-state index contributed by atoms with van der Waals surface area (Å²) in [7, 11) is 0. The standard InChI is InChI=1S/C16H22N2O/c1-14(12-16-8-5-11-19-16)18(10-9-17)13-15-6-3-2-4-7-15/h2-8,11,14H,9-10,12-13,17H2,1H3. The summed E-state index contributed by atoms with van der Waals surface area (Å²) in [4.78, 5) is 2.40. The predicted molar refractivity (Wildman–Crippen MR) is 77.8 cm³/mol. The fourth-order valence-corrected chi connectivity index (χ4v) is 2.29. The summed E-state index contributed by atoms with van der Waals surface area (Å²) < 4.78 is 5.42. The van der Waals surface area contributed by atoms with Gasteiger partial charge in [-0.25, -0.2) is 0 Å². The highest BCUT2D eigenvalue weighted by atomic mass is 16.3. The van der Waals surface area contributed by atoms with Gasteiger partial charge in [0.15, 0.2) is 0 Å². The Labute approximate surface area is 115 Å². The Morgan fingerprint density at radius 1 is 1.16 bits per heavy atom. The lowest BCUT2D eigenvalue weighted by molar-refractivity contribution is 0.198. The van der Waals surface area contributed by atoms with Crippen molar-refractivity contribution in [1.82, 2.24) is 4.90 Å². The maximum atomic E-state index is 5.73. The van der Waals surface area contributed by atoms with Crippen molar-refractivity contribution in [2.45, 2.75) is 25.9 Å². The topological polar surface area (TPSA) is 42.4 Å². The molecule has 3 nitrogen and oxygen atoms in total. The minimum Gasteiger partial charge on any atom is -0.469 e. The third-order valence-electron chi connectivity index (χ3n) is 3.34. The lowest BCUT2D eigenvalue weighted by atomic mass is 10.1. The van der Waals surface area contributed by atoms with E-state index in [0.29, 0.717) is 12.6 Å². The van der Waals surface area contributed by atoms with E-state index in [4.69, 9.17) is 10.2 Å². The molecule has 0 saturated heterocycles. The number of benzene rings is 1. The Bertz CT molecular complexity index is 453. The van der Waals surface area contributed by atoms with Gasteiger partial charge in [0.05, 0.1) is 6.26 Å². The molecule has 1 aromatic heterocycles. The molecule has 19 heavy (non-hydrogen) atoms. The first-order valence-electron chi connectivity index (χ1n) is 6.80. The molecule has 0 spiro atoms. The number of rotatable bonds is 7. The van der Waals surface area contributed by atoms with Gasteiger partial charge in [-0.3, -0.25) is 4.90 Å². The Hall–Kier alpha value is -1.58. The highest BCUT2D eigenvalue weighted by molar-refractivity contribution is 5.14. The zero-order chi connectivity index (χ0) is 13.5. The summed E-state index contributed by atoms with van der Waals surface area (Å²) in [6, 6.07) is 14.9. The van der Waals surface area contributed by atoms with Crippen LogP contribution in [0.3, 0.4) is 0 Å². The average molecular weight is 258 g/mol. The maximum Gasteiger partial charge on any atom is 0.105 e. The molecule has 2 aromatic rings. The van der Waals surface area contributed by atoms with Crippen molar-refractivity contribution in [2.75, 3.05) is 13.1 Å². The molecule has 1 heterocycles. The van der Waals surface area contributed by atoms with Gasteiger partial charge in [0.2, 0.25) is 0 Å². The summed E-state index contributed by atoms with van der Waals surface area (Å²) >= 11 is 0. The number of nitrogens with two attached hydrogens (primary N) is 1. The zero-order valence-electron chi connectivity index (χ0n) is 11.5. The van der Waals surface area contributed by atoms with Gasteiger partial charge < -0.3 is 10.2 Å². The van der Waals surface area contributed by atoms with Crippen LogP contribution in [0, 0.1) is 0 Å². The lowest BCUT2D eigenvalue weighted by Crippen LogP contribution is -2.37. The van der Waals surface area contributed by atoms with E-state index in [2.05, 4.69) is 36.1 Å². The van der Waals surface area contributed by atoms with Gasteiger partial charge in [-0.15, -0.1) is 0 Å². The molecule has 1 atom stereocenters. The molecule has 0 aliphatic heterocycles. The molecule has 3 heteroatoms. The van der Waals surface area contributed by atoms with E-state index in [-0.39, 0.29) is 0 Å². The first kappa shape index (κ1) is 13.8. The van der Waals surface area contributed by atoms with E-state index in [9.17, 15) is 0 Å². The predicted octanol–water partition coefficient (Wildman–Crippen LogP) is 2.67. The van der Waals surface area contributed by atoms with Gasteiger partial charge in [0.1, 0.15) is 5.76 Å². The second-order valence-corrected chi connectivity index (χ2v) is 4.88. The van der Waals surface area contributed by atoms with Crippen LogP contribution in [0.1, 0.15) is 18.2 Å². The minimum absolute atomic E-state index is 0.412. The molecule has 0 bridgehead atoms. The fourth-order valence-electron chi connectivity index (χ4n) is 2.29. The molecule has 0 aliphatic rings. The summed E-state index contributed by atoms with van der Waals surface area (Å²) in [5.74, 6) is 1.03. The molecule has 0 saturated carbocycles. The Kier molecular flexibility index (Phi) is 5.19. The molecule has 0 fully saturated rings. The number of hydrogen-bond acceptors (Lipinski definition) is 3. The van der Waals surface area contributed by atoms with Crippen LogP contribution in [0.2, 0.25) is 0 Å². The van der Waals surface area contributed by atoms with E-state index in [0.717, 1.165) is 25.3 Å². The molecule has 1 aromatic carbocycles. The van der Waals surface area contributed by atoms with Crippen molar-refractivity contribution in [2.24, 2.45) is 5.73 Å². The lowest BCUT2D eigenvalue weighted by Gasteiger charge is -2.28. The molecule has 2 N–H and O–H groups in total. The van der Waals surface area contributed by atoms with E-state index in [1.165, 1.54) is 5.56 Å². The maximum absolute atomic E-state index is 5.73. The third kappa shape index (κ3) is 4.23. The average Bonchev–Trinajstić information content (AvgIpc) is 2.92. The molecule has 1 unspecified atom stereocenters. The van der Waals surface area contributed by atoms with E-state index >= 15 is 0 Å². The molecular formula is C16H22N2O. The smallest absolute Gasteiger partial charge is 0.105 e. The van der Waals surface area contributed by atoms with E-state index in [1.54, 1.807) is 6.26 Å². The summed E-state index contributed by atoms with van der Waals surface area (Å²) in [5.41, 5.74) is 7.05. The van der Waals surface area contributed by atoms with Crippen LogP contribution < -0.4 is 5.73 Å². The van der Waals surface area contributed by atoms with E-state index in [1.807, 2.05) is 18.2 Å². The van der Waals surface area contributed by atoms with Crippen molar-refractivity contribution < 1.29 is 4.42 Å². The second kappa shape index (κ2) is 7.12. The van der Waals surface area contributed by atoms with E-state index < -0.39 is 0 Å². The van der Waals surface area contributed by atoms with Crippen LogP contribution in [-0.4, -0.2) is 24.0 Å². The SMILES string of the molecule is CC(Cc1ccco1)N(CCN)Cc1ccccc1. The normalized spacial score (nSPS) is 12.8. The van der Waals surface area contributed by atoms with Gasteiger partial charge >= 0.3 is 0 Å². The number of nitrogens with zero attached hydrogens (tertiary/aromatic N) is 1. The van der Waals surface area contributed by atoms with Crippen LogP contribution in [0.4, 0.5) is 0 Å². The molecule has 0 amide bonds. The summed E-state index contributed by atoms with van der Waals surface area (Å²) in [6.45, 7) is 4.73. The largest absolute Gasteiger partial charge is 0.469 e. The van der Waals surface area contributed by atoms with Gasteiger partial charge in [-0.2, -0.15) is 0 Å². The highest BCUT2D eigenvalue weighted by Crippen LogP contribution is 2.12. The van der Waals surface area contributed by atoms with Crippen molar-refractivity contribution in [3.8, 4) is 0 Å². The Morgan fingerprint density at radius 2 is 1.95 bits per heavy atom. The minimum atomic E-state index is 0.412. The fraction of sp³-hybridized carbons (Fsp3) is 0.375. The Morgan fingerprint density at radius 3 is 2.58 bits per heavy atom. The van der Waals surface area contributed by atoms with Crippen molar-refractivity contribution in [3.63, 3.8) is 0 Å². The number of furan rings is 1. The zero-order valence-corrected chi connectivity index (χ0v) is 11.5. The van der Waals surface area contributed by atoms with Crippen LogP contribution in [0.5, 0.6) is 0 Å². The molecule has 0 radical (unpaired) electrons. The van der Waals surface area contributed by atoms with Crippen LogP contribution in [-0.2, 0) is 13.0 Å². The summed E-state index contributed by atoms with van der Waals surface area (Å²) in [5, 5.41) is 0. The van der Waals surface area contributed by atoms with Gasteiger partial charge in [0.25, 0.3) is 0 Å². The van der Waals surface area contributed by atoms with Crippen LogP contribution in [0.15, 0.2) is 53.1 Å². The van der Waals surface area contributed by atoms with Crippen LogP contribution >= 0.6 is 0 Å². The molecular weight excluding hydrogens is 236 g/mol. The first-order valence-corrected chi connectivity index (χ1v) is 6.80. The van der Waals surface area contributed by atoms with Gasteiger partial charge in [-0.05, 0) is 24.6 Å². The number of hydrogen-bond donors (Lipinski definition) is 1. The van der Waals surface area contributed by atoms with Crippen molar-refractivity contribution in [1.29, 1.82) is 0 Å². The van der Waals surface area contributed by atoms with Gasteiger partial charge in [0, 0.05) is 32.1 Å². The molecule has 2 rings (SSSR count). The Balaban J connectivity index is 1.98. The molecule has 102 valence electrons. The quantitative estimate of drug-likeness (QED) is 0.830. The van der Waals surface area contributed by atoms with Crippen LogP contribution in [0.25, 0.3) is 0 Å². The second-order valence-electron chi connectivity index (χ2n) is 4.88. The summed E-state index contributed by atoms with van der Waals surface area (Å²) in [6.07, 6.45) is 2.65. The third-order valence-corrected chi connectivity index (χ3v) is 3.34. The monoisotopic (exact) mass is 258 g/mol. The van der Waals surface area contributed by atoms with Crippen molar-refractivity contribution >= 4 is 0 Å².